The molecule has 0 aliphatic carbocycles. The fourth-order valence-electron chi connectivity index (χ4n) is 4.96. The van der Waals surface area contributed by atoms with E-state index in [2.05, 4.69) is 28.2 Å². The lowest BCUT2D eigenvalue weighted by molar-refractivity contribution is -0.384. The predicted octanol–water partition coefficient (Wildman–Crippen LogP) is 6.48. The number of amides is 1. The van der Waals surface area contributed by atoms with Gasteiger partial charge in [-0.15, -0.1) is 0 Å². The second-order valence-electron chi connectivity index (χ2n) is 9.41. The summed E-state index contributed by atoms with van der Waals surface area (Å²) >= 11 is 0. The van der Waals surface area contributed by atoms with E-state index in [4.69, 9.17) is 0 Å². The molecular weight excluding hydrogens is 474 g/mol. The minimum Gasteiger partial charge on any atom is -0.356 e. The summed E-state index contributed by atoms with van der Waals surface area (Å²) in [5.41, 5.74) is 5.14. The van der Waals surface area contributed by atoms with E-state index in [0.717, 1.165) is 34.0 Å². The van der Waals surface area contributed by atoms with Crippen LogP contribution in [0.4, 0.5) is 5.69 Å². The highest BCUT2D eigenvalue weighted by molar-refractivity contribution is 5.88. The Labute approximate surface area is 221 Å². The van der Waals surface area contributed by atoms with E-state index in [1.165, 1.54) is 5.56 Å². The number of nitro groups is 1. The molecule has 6 nitrogen and oxygen atoms in total. The van der Waals surface area contributed by atoms with Crippen LogP contribution in [0.2, 0.25) is 0 Å². The number of carbonyl (C=O) groups excluding carboxylic acids is 1. The summed E-state index contributed by atoms with van der Waals surface area (Å²) in [6, 6.07) is 35.0. The fraction of sp³-hybridized carbons (Fsp3) is 0.156. The Hall–Kier alpha value is -4.71. The van der Waals surface area contributed by atoms with Crippen LogP contribution in [-0.2, 0) is 17.8 Å². The van der Waals surface area contributed by atoms with Gasteiger partial charge < -0.3 is 9.88 Å². The van der Waals surface area contributed by atoms with Crippen molar-refractivity contribution < 1.29 is 9.72 Å². The van der Waals surface area contributed by atoms with Crippen molar-refractivity contribution in [2.45, 2.75) is 25.3 Å². The lowest BCUT2D eigenvalue weighted by atomic mass is 9.88. The Morgan fingerprint density at radius 3 is 2.13 bits per heavy atom. The maximum atomic E-state index is 13.2. The molecule has 0 spiro atoms. The van der Waals surface area contributed by atoms with E-state index < -0.39 is 0 Å². The summed E-state index contributed by atoms with van der Waals surface area (Å²) in [5, 5.41) is 15.5. The van der Waals surface area contributed by atoms with Gasteiger partial charge in [0.1, 0.15) is 0 Å². The first-order valence-electron chi connectivity index (χ1n) is 12.7. The van der Waals surface area contributed by atoms with E-state index in [9.17, 15) is 14.9 Å². The van der Waals surface area contributed by atoms with Gasteiger partial charge in [-0.25, -0.2) is 0 Å². The first-order valence-corrected chi connectivity index (χ1v) is 12.7. The molecule has 0 aliphatic heterocycles. The Kier molecular flexibility index (Phi) is 7.59. The summed E-state index contributed by atoms with van der Waals surface area (Å²) in [7, 11) is 0. The van der Waals surface area contributed by atoms with Gasteiger partial charge in [0, 0.05) is 54.7 Å². The zero-order chi connectivity index (χ0) is 26.3. The van der Waals surface area contributed by atoms with Crippen LogP contribution >= 0.6 is 0 Å². The molecule has 6 heteroatoms. The topological polar surface area (TPSA) is 77.2 Å². The van der Waals surface area contributed by atoms with E-state index in [1.54, 1.807) is 12.1 Å². The van der Waals surface area contributed by atoms with Crippen molar-refractivity contribution in [1.29, 1.82) is 0 Å². The lowest BCUT2D eigenvalue weighted by Gasteiger charge is -2.17. The molecule has 0 aliphatic rings. The molecule has 0 saturated carbocycles. The Balaban J connectivity index is 1.49. The Bertz CT molecular complexity index is 1530. The van der Waals surface area contributed by atoms with Gasteiger partial charge in [0.25, 0.3) is 5.69 Å². The number of benzene rings is 4. The summed E-state index contributed by atoms with van der Waals surface area (Å²) in [6.45, 7) is 1.17. The first-order chi connectivity index (χ1) is 18.6. The van der Waals surface area contributed by atoms with Gasteiger partial charge in [-0.2, -0.15) is 0 Å². The van der Waals surface area contributed by atoms with E-state index in [-0.39, 0.29) is 28.9 Å². The number of non-ortho nitro benzene ring substituents is 1. The van der Waals surface area contributed by atoms with Crippen LogP contribution in [0, 0.1) is 10.1 Å². The molecule has 0 unspecified atom stereocenters. The zero-order valence-corrected chi connectivity index (χ0v) is 21.0. The number of nitro benzene ring substituents is 1. The van der Waals surface area contributed by atoms with Gasteiger partial charge in [0.15, 0.2) is 0 Å². The number of rotatable bonds is 10. The number of fused-ring (bicyclic) bond motifs is 1. The molecular formula is C32H29N3O3. The highest BCUT2D eigenvalue weighted by Gasteiger charge is 2.24. The van der Waals surface area contributed by atoms with Crippen LogP contribution in [0.15, 0.2) is 115 Å². The molecule has 5 aromatic rings. The molecule has 38 heavy (non-hydrogen) atoms. The molecule has 1 amide bonds. The molecule has 0 fully saturated rings. The molecule has 1 atom stereocenters. The molecule has 0 radical (unpaired) electrons. The summed E-state index contributed by atoms with van der Waals surface area (Å²) < 4.78 is 2.12. The molecule has 5 rings (SSSR count). The monoisotopic (exact) mass is 503 g/mol. The van der Waals surface area contributed by atoms with Gasteiger partial charge in [-0.3, -0.25) is 14.9 Å². The Morgan fingerprint density at radius 2 is 1.47 bits per heavy atom. The highest BCUT2D eigenvalue weighted by atomic mass is 16.6. The quantitative estimate of drug-likeness (QED) is 0.175. The summed E-state index contributed by atoms with van der Waals surface area (Å²) in [6.07, 6.45) is 3.05. The fourth-order valence-corrected chi connectivity index (χ4v) is 4.96. The predicted molar refractivity (Wildman–Crippen MR) is 150 cm³/mol. The van der Waals surface area contributed by atoms with Crippen LogP contribution in [0.5, 0.6) is 0 Å². The smallest absolute Gasteiger partial charge is 0.270 e. The van der Waals surface area contributed by atoms with Crippen molar-refractivity contribution in [2.24, 2.45) is 0 Å². The van der Waals surface area contributed by atoms with Crippen LogP contribution in [-0.4, -0.2) is 21.9 Å². The molecule has 0 bridgehead atoms. The largest absolute Gasteiger partial charge is 0.356 e. The van der Waals surface area contributed by atoms with E-state index >= 15 is 0 Å². The van der Waals surface area contributed by atoms with Crippen molar-refractivity contribution in [1.82, 2.24) is 9.88 Å². The van der Waals surface area contributed by atoms with Gasteiger partial charge in [0.05, 0.1) is 4.92 Å². The lowest BCUT2D eigenvalue weighted by Crippen LogP contribution is -2.27. The summed E-state index contributed by atoms with van der Waals surface area (Å²) in [4.78, 5) is 24.4. The molecule has 190 valence electrons. The minimum absolute atomic E-state index is 0.0373. The standard InChI is InChI=1S/C32H29N3O3/c36-32(33-19-18-24-10-4-1-5-11-24)21-28(26-14-8-3-9-15-26)30-23-34(22-25-12-6-2-7-13-25)31-17-16-27(35(37)38)20-29(30)31/h1-17,20,23,28H,18-19,21-22H2,(H,33,36)/t28-/m0/s1. The average molecular weight is 504 g/mol. The van der Waals surface area contributed by atoms with Crippen molar-refractivity contribution in [3.05, 3.63) is 148 Å². The van der Waals surface area contributed by atoms with Crippen molar-refractivity contribution >= 4 is 22.5 Å². The molecule has 0 saturated heterocycles. The highest BCUT2D eigenvalue weighted by Crippen LogP contribution is 2.36. The third-order valence-corrected chi connectivity index (χ3v) is 6.85. The van der Waals surface area contributed by atoms with Gasteiger partial charge >= 0.3 is 0 Å². The number of hydrogen-bond donors (Lipinski definition) is 1. The van der Waals surface area contributed by atoms with Crippen LogP contribution < -0.4 is 5.32 Å². The molecule has 1 N–H and O–H groups in total. The number of aromatic nitrogens is 1. The van der Waals surface area contributed by atoms with Crippen LogP contribution in [0.1, 0.15) is 34.6 Å². The van der Waals surface area contributed by atoms with E-state index in [1.807, 2.05) is 84.9 Å². The average Bonchev–Trinajstić information content (AvgIpc) is 3.30. The van der Waals surface area contributed by atoms with Crippen molar-refractivity contribution in [2.75, 3.05) is 6.54 Å². The first kappa shape index (κ1) is 25.0. The second kappa shape index (κ2) is 11.6. The number of nitrogens with zero attached hydrogens (tertiary/aromatic N) is 2. The summed E-state index contributed by atoms with van der Waals surface area (Å²) in [5.74, 6) is -0.307. The molecule has 1 heterocycles. The number of nitrogens with one attached hydrogen (secondary N) is 1. The Morgan fingerprint density at radius 1 is 0.842 bits per heavy atom. The SMILES string of the molecule is O=C(C[C@@H](c1ccccc1)c1cn(Cc2ccccc2)c2ccc([N+](=O)[O-])cc12)NCCc1ccccc1. The van der Waals surface area contributed by atoms with Gasteiger partial charge in [-0.1, -0.05) is 91.0 Å². The maximum absolute atomic E-state index is 13.2. The van der Waals surface area contributed by atoms with Gasteiger partial charge in [0.2, 0.25) is 5.91 Å². The van der Waals surface area contributed by atoms with E-state index in [0.29, 0.717) is 13.1 Å². The normalized spacial score (nSPS) is 11.8. The van der Waals surface area contributed by atoms with Crippen LogP contribution in [0.25, 0.3) is 10.9 Å². The van der Waals surface area contributed by atoms with Crippen molar-refractivity contribution in [3.63, 3.8) is 0 Å². The second-order valence-corrected chi connectivity index (χ2v) is 9.41. The van der Waals surface area contributed by atoms with Crippen LogP contribution in [0.3, 0.4) is 0 Å². The third kappa shape index (κ3) is 5.81. The molecule has 4 aromatic carbocycles. The molecule has 1 aromatic heterocycles. The third-order valence-electron chi connectivity index (χ3n) is 6.85. The zero-order valence-electron chi connectivity index (χ0n) is 21.0. The van der Waals surface area contributed by atoms with Crippen molar-refractivity contribution in [3.8, 4) is 0 Å². The number of carbonyl (C=O) groups is 1. The minimum atomic E-state index is -0.369. The van der Waals surface area contributed by atoms with Gasteiger partial charge in [-0.05, 0) is 34.7 Å². The number of hydrogen-bond acceptors (Lipinski definition) is 3. The maximum Gasteiger partial charge on any atom is 0.270 e.